The highest BCUT2D eigenvalue weighted by Crippen LogP contribution is 2.25. The van der Waals surface area contributed by atoms with Gasteiger partial charge in [0.05, 0.1) is 12.0 Å². The Kier molecular flexibility index (Phi) is 5.27. The zero-order valence-electron chi connectivity index (χ0n) is 10.1. The average molecular weight is 268 g/mol. The van der Waals surface area contributed by atoms with E-state index in [1.165, 1.54) is 25.3 Å². The molecule has 8 heteroatoms. The molecule has 19 heavy (non-hydrogen) atoms. The molecule has 0 aliphatic heterocycles. The summed E-state index contributed by atoms with van der Waals surface area (Å²) in [5.74, 6) is -1.19. The number of carbonyl (C=O) groups is 2. The zero-order chi connectivity index (χ0) is 14.3. The van der Waals surface area contributed by atoms with Crippen LogP contribution in [0.5, 0.6) is 5.75 Å². The summed E-state index contributed by atoms with van der Waals surface area (Å²) in [6, 6.07) is 5.68. The van der Waals surface area contributed by atoms with E-state index in [0.717, 1.165) is 0 Å². The molecule has 102 valence electrons. The molecule has 0 saturated heterocycles. The minimum Gasteiger partial charge on any atom is -0.477 e. The molecular formula is C11H12N2O6. The summed E-state index contributed by atoms with van der Waals surface area (Å²) in [6.45, 7) is -0.711. The van der Waals surface area contributed by atoms with Crippen LogP contribution in [0, 0.1) is 10.1 Å². The maximum Gasteiger partial charge on any atom is 0.325 e. The Hall–Kier alpha value is -2.64. The van der Waals surface area contributed by atoms with Crippen molar-refractivity contribution in [1.82, 2.24) is 5.32 Å². The number of methoxy groups -OCH3 is 1. The first-order valence-electron chi connectivity index (χ1n) is 5.24. The third-order valence-electron chi connectivity index (χ3n) is 2.08. The van der Waals surface area contributed by atoms with Crippen molar-refractivity contribution >= 4 is 17.6 Å². The lowest BCUT2D eigenvalue weighted by molar-refractivity contribution is -0.385. The maximum absolute atomic E-state index is 11.3. The van der Waals surface area contributed by atoms with E-state index in [1.54, 1.807) is 6.07 Å². The van der Waals surface area contributed by atoms with Crippen molar-refractivity contribution < 1.29 is 24.0 Å². The van der Waals surface area contributed by atoms with Gasteiger partial charge in [0.15, 0.2) is 12.4 Å². The fourth-order valence-corrected chi connectivity index (χ4v) is 1.17. The predicted molar refractivity (Wildman–Crippen MR) is 63.6 cm³/mol. The summed E-state index contributed by atoms with van der Waals surface area (Å²) < 4.78 is 9.35. The Morgan fingerprint density at radius 2 is 2.05 bits per heavy atom. The van der Waals surface area contributed by atoms with Gasteiger partial charge >= 0.3 is 11.7 Å². The largest absolute Gasteiger partial charge is 0.477 e. The number of nitrogens with one attached hydrogen (secondary N) is 1. The van der Waals surface area contributed by atoms with Crippen LogP contribution in [0.4, 0.5) is 5.69 Å². The van der Waals surface area contributed by atoms with Gasteiger partial charge < -0.3 is 14.8 Å². The van der Waals surface area contributed by atoms with Crippen LogP contribution in [0.15, 0.2) is 24.3 Å². The first-order valence-corrected chi connectivity index (χ1v) is 5.24. The van der Waals surface area contributed by atoms with Gasteiger partial charge in [0.1, 0.15) is 6.54 Å². The molecule has 8 nitrogen and oxygen atoms in total. The van der Waals surface area contributed by atoms with Crippen LogP contribution < -0.4 is 10.1 Å². The van der Waals surface area contributed by atoms with E-state index in [9.17, 15) is 19.7 Å². The second-order valence-corrected chi connectivity index (χ2v) is 3.37. The molecular weight excluding hydrogens is 256 g/mol. The third kappa shape index (κ3) is 4.62. The number of nitro groups is 1. The van der Waals surface area contributed by atoms with Crippen LogP contribution in [-0.2, 0) is 14.3 Å². The molecule has 1 N–H and O–H groups in total. The summed E-state index contributed by atoms with van der Waals surface area (Å²) in [5.41, 5.74) is -0.233. The van der Waals surface area contributed by atoms with Gasteiger partial charge in [0.2, 0.25) is 0 Å². The molecule has 1 aromatic carbocycles. The molecule has 0 aromatic heterocycles. The molecule has 0 bridgehead atoms. The highest BCUT2D eigenvalue weighted by molar-refractivity contribution is 5.82. The van der Waals surface area contributed by atoms with Crippen molar-refractivity contribution in [2.24, 2.45) is 0 Å². The van der Waals surface area contributed by atoms with Crippen LogP contribution in [-0.4, -0.2) is 37.1 Å². The van der Waals surface area contributed by atoms with Crippen molar-refractivity contribution in [2.75, 3.05) is 20.3 Å². The number of rotatable bonds is 6. The number of esters is 1. The summed E-state index contributed by atoms with van der Waals surface area (Å²) in [7, 11) is 1.19. The lowest BCUT2D eigenvalue weighted by atomic mass is 10.3. The summed E-state index contributed by atoms with van der Waals surface area (Å²) >= 11 is 0. The Labute approximate surface area is 108 Å². The highest BCUT2D eigenvalue weighted by Gasteiger charge is 2.15. The number of benzene rings is 1. The molecule has 1 aromatic rings. The highest BCUT2D eigenvalue weighted by atomic mass is 16.6. The smallest absolute Gasteiger partial charge is 0.325 e. The minimum absolute atomic E-state index is 0.0132. The number of hydrogen-bond donors (Lipinski definition) is 1. The second kappa shape index (κ2) is 6.94. The van der Waals surface area contributed by atoms with E-state index < -0.39 is 23.4 Å². The molecule has 0 radical (unpaired) electrons. The molecule has 0 heterocycles. The van der Waals surface area contributed by atoms with Crippen LogP contribution in [0.25, 0.3) is 0 Å². The van der Waals surface area contributed by atoms with E-state index in [2.05, 4.69) is 10.1 Å². The lowest BCUT2D eigenvalue weighted by Gasteiger charge is -2.06. The minimum atomic E-state index is -0.609. The van der Waals surface area contributed by atoms with Gasteiger partial charge in [-0.3, -0.25) is 19.7 Å². The second-order valence-electron chi connectivity index (χ2n) is 3.37. The van der Waals surface area contributed by atoms with Gasteiger partial charge in [-0.15, -0.1) is 0 Å². The number of nitro benzene ring substituents is 1. The number of carbonyl (C=O) groups excluding carboxylic acids is 2. The first-order chi connectivity index (χ1) is 9.04. The number of ether oxygens (including phenoxy) is 2. The van der Waals surface area contributed by atoms with Gasteiger partial charge in [-0.05, 0) is 6.07 Å². The average Bonchev–Trinajstić information content (AvgIpc) is 2.42. The normalized spacial score (nSPS) is 9.53. The summed E-state index contributed by atoms with van der Waals surface area (Å²) in [5, 5.41) is 12.9. The van der Waals surface area contributed by atoms with Gasteiger partial charge in [-0.1, -0.05) is 12.1 Å². The molecule has 0 spiro atoms. The standard InChI is InChI=1S/C11H12N2O6/c1-18-11(15)6-12-10(14)7-19-9-5-3-2-4-8(9)13(16)17/h2-5H,6-7H2,1H3,(H,12,14). The van der Waals surface area contributed by atoms with Crippen LogP contribution in [0.3, 0.4) is 0 Å². The molecule has 0 unspecified atom stereocenters. The molecule has 0 saturated carbocycles. The predicted octanol–water partition coefficient (Wildman–Crippen LogP) is 0.263. The fourth-order valence-electron chi connectivity index (χ4n) is 1.17. The Morgan fingerprint density at radius 1 is 1.37 bits per heavy atom. The van der Waals surface area contributed by atoms with Crippen molar-refractivity contribution in [2.45, 2.75) is 0 Å². The Bertz CT molecular complexity index is 488. The summed E-state index contributed by atoms with van der Waals surface area (Å²) in [4.78, 5) is 32.1. The number of para-hydroxylation sites is 2. The van der Waals surface area contributed by atoms with Crippen molar-refractivity contribution in [3.8, 4) is 5.75 Å². The van der Waals surface area contributed by atoms with Crippen molar-refractivity contribution in [3.05, 3.63) is 34.4 Å². The van der Waals surface area contributed by atoms with Crippen molar-refractivity contribution in [3.63, 3.8) is 0 Å². The fraction of sp³-hybridized carbons (Fsp3) is 0.273. The summed E-state index contributed by atoms with van der Waals surface area (Å²) in [6.07, 6.45) is 0. The lowest BCUT2D eigenvalue weighted by Crippen LogP contribution is -2.33. The maximum atomic E-state index is 11.3. The quantitative estimate of drug-likeness (QED) is 0.450. The molecule has 0 aliphatic rings. The van der Waals surface area contributed by atoms with E-state index >= 15 is 0 Å². The van der Waals surface area contributed by atoms with E-state index in [1.807, 2.05) is 0 Å². The molecule has 1 rings (SSSR count). The number of amides is 1. The molecule has 0 aliphatic carbocycles. The molecule has 1 amide bonds. The van der Waals surface area contributed by atoms with Crippen LogP contribution >= 0.6 is 0 Å². The Balaban J connectivity index is 2.51. The number of nitrogens with zero attached hydrogens (tertiary/aromatic N) is 1. The van der Waals surface area contributed by atoms with Gasteiger partial charge in [-0.25, -0.2) is 0 Å². The monoisotopic (exact) mass is 268 g/mol. The van der Waals surface area contributed by atoms with Gasteiger partial charge in [-0.2, -0.15) is 0 Å². The van der Waals surface area contributed by atoms with E-state index in [0.29, 0.717) is 0 Å². The SMILES string of the molecule is COC(=O)CNC(=O)COc1ccccc1[N+](=O)[O-]. The Morgan fingerprint density at radius 3 is 2.68 bits per heavy atom. The first kappa shape index (κ1) is 14.4. The van der Waals surface area contributed by atoms with Crippen LogP contribution in [0.2, 0.25) is 0 Å². The van der Waals surface area contributed by atoms with E-state index in [4.69, 9.17) is 4.74 Å². The van der Waals surface area contributed by atoms with Gasteiger partial charge in [0, 0.05) is 6.07 Å². The third-order valence-corrected chi connectivity index (χ3v) is 2.08. The van der Waals surface area contributed by atoms with E-state index in [-0.39, 0.29) is 18.0 Å². The van der Waals surface area contributed by atoms with Crippen LogP contribution in [0.1, 0.15) is 0 Å². The number of hydrogen-bond acceptors (Lipinski definition) is 6. The van der Waals surface area contributed by atoms with Crippen molar-refractivity contribution in [1.29, 1.82) is 0 Å². The van der Waals surface area contributed by atoms with Gasteiger partial charge in [0.25, 0.3) is 5.91 Å². The molecule has 0 fully saturated rings. The molecule has 0 atom stereocenters. The topological polar surface area (TPSA) is 108 Å². The zero-order valence-corrected chi connectivity index (χ0v) is 10.1.